The van der Waals surface area contributed by atoms with E-state index in [4.69, 9.17) is 9.47 Å². The van der Waals surface area contributed by atoms with Crippen LogP contribution < -0.4 is 4.74 Å². The first-order valence-corrected chi connectivity index (χ1v) is 11.6. The summed E-state index contributed by atoms with van der Waals surface area (Å²) in [5.74, 6) is 0.137. The summed E-state index contributed by atoms with van der Waals surface area (Å²) in [6, 6.07) is 3.84. The average Bonchev–Trinajstić information content (AvgIpc) is 2.91. The molecule has 2 rings (SSSR count). The number of hydrogen-bond donors (Lipinski definition) is 0. The van der Waals surface area contributed by atoms with Crippen molar-refractivity contribution in [1.29, 1.82) is 0 Å². The van der Waals surface area contributed by atoms with E-state index in [0.717, 1.165) is 10.4 Å². The van der Waals surface area contributed by atoms with Gasteiger partial charge in [-0.3, -0.25) is 0 Å². The number of nitrogens with zero attached hydrogens (tertiary/aromatic N) is 3. The normalized spacial score (nSPS) is 13.0. The van der Waals surface area contributed by atoms with Crippen molar-refractivity contribution in [3.8, 4) is 17.4 Å². The van der Waals surface area contributed by atoms with Crippen LogP contribution in [0.5, 0.6) is 6.01 Å². The lowest BCUT2D eigenvalue weighted by Gasteiger charge is -2.24. The number of alkyl halides is 3. The molecule has 0 aliphatic rings. The standard InChI is InChI=1S/C16H20BrF4N3O2S/c1-27(2,3)7-6-25-10-24-15(26-9-16(19,20)21)22-14(23-24)12-5-4-11(17)8-13(12)18/h4-5,8H,6-7,9-10H2,1-3H3. The van der Waals surface area contributed by atoms with Gasteiger partial charge in [-0.25, -0.2) is 14.4 Å². The van der Waals surface area contributed by atoms with Gasteiger partial charge in [0, 0.05) is 10.2 Å². The Kier molecular flexibility index (Phi) is 7.14. The van der Waals surface area contributed by atoms with Gasteiger partial charge in [-0.1, -0.05) is 15.9 Å². The molecule has 0 spiro atoms. The summed E-state index contributed by atoms with van der Waals surface area (Å²) in [6.45, 7) is -1.26. The van der Waals surface area contributed by atoms with E-state index < -0.39 is 28.6 Å². The zero-order chi connectivity index (χ0) is 20.2. The number of ether oxygens (including phenoxy) is 2. The molecule has 1 aromatic carbocycles. The van der Waals surface area contributed by atoms with Gasteiger partial charge in [0.2, 0.25) is 0 Å². The highest BCUT2D eigenvalue weighted by Crippen LogP contribution is 2.33. The third kappa shape index (κ3) is 7.30. The summed E-state index contributed by atoms with van der Waals surface area (Å²) in [7, 11) is -0.770. The Morgan fingerprint density at radius 2 is 1.93 bits per heavy atom. The van der Waals surface area contributed by atoms with E-state index in [1.807, 2.05) is 0 Å². The Balaban J connectivity index is 2.20. The molecule has 0 amide bonds. The number of halogens is 5. The number of aromatic nitrogens is 3. The first-order valence-electron chi connectivity index (χ1n) is 7.78. The highest BCUT2D eigenvalue weighted by molar-refractivity contribution is 9.10. The number of rotatable bonds is 8. The van der Waals surface area contributed by atoms with E-state index in [-0.39, 0.29) is 24.1 Å². The van der Waals surface area contributed by atoms with Crippen LogP contribution in [0.4, 0.5) is 17.6 Å². The van der Waals surface area contributed by atoms with Gasteiger partial charge in [-0.2, -0.15) is 22.8 Å². The van der Waals surface area contributed by atoms with Gasteiger partial charge in [0.25, 0.3) is 0 Å². The van der Waals surface area contributed by atoms with Crippen molar-refractivity contribution in [2.75, 3.05) is 37.7 Å². The summed E-state index contributed by atoms with van der Waals surface area (Å²) in [4.78, 5) is 3.90. The molecule has 11 heteroatoms. The summed E-state index contributed by atoms with van der Waals surface area (Å²) in [5, 5.41) is 4.05. The fourth-order valence-electron chi connectivity index (χ4n) is 1.91. The molecule has 0 aliphatic heterocycles. The molecule has 0 bridgehead atoms. The summed E-state index contributed by atoms with van der Waals surface area (Å²) in [6.07, 6.45) is 1.84. The molecule has 0 radical (unpaired) electrons. The topological polar surface area (TPSA) is 49.2 Å². The van der Waals surface area contributed by atoms with E-state index in [2.05, 4.69) is 44.8 Å². The minimum absolute atomic E-state index is 0.0490. The fourth-order valence-corrected chi connectivity index (χ4v) is 2.86. The van der Waals surface area contributed by atoms with Crippen molar-refractivity contribution in [1.82, 2.24) is 14.8 Å². The van der Waals surface area contributed by atoms with Crippen molar-refractivity contribution >= 4 is 26.0 Å². The zero-order valence-electron chi connectivity index (χ0n) is 15.0. The van der Waals surface area contributed by atoms with E-state index in [9.17, 15) is 17.6 Å². The van der Waals surface area contributed by atoms with Crippen molar-refractivity contribution in [2.45, 2.75) is 12.9 Å². The van der Waals surface area contributed by atoms with Crippen molar-refractivity contribution in [2.24, 2.45) is 0 Å². The lowest BCUT2D eigenvalue weighted by atomic mass is 10.2. The molecule has 1 aromatic heterocycles. The summed E-state index contributed by atoms with van der Waals surface area (Å²) >= 11 is 3.14. The maximum atomic E-state index is 14.1. The monoisotopic (exact) mass is 473 g/mol. The molecule has 0 saturated heterocycles. The van der Waals surface area contributed by atoms with Crippen LogP contribution in [0.25, 0.3) is 11.4 Å². The van der Waals surface area contributed by atoms with E-state index in [1.165, 1.54) is 12.1 Å². The van der Waals surface area contributed by atoms with Crippen LogP contribution in [0, 0.1) is 5.82 Å². The fraction of sp³-hybridized carbons (Fsp3) is 0.500. The molecule has 5 nitrogen and oxygen atoms in total. The lowest BCUT2D eigenvalue weighted by Crippen LogP contribution is -2.21. The molecule has 0 atom stereocenters. The van der Waals surface area contributed by atoms with E-state index in [0.29, 0.717) is 11.1 Å². The third-order valence-corrected chi connectivity index (χ3v) is 5.11. The zero-order valence-corrected chi connectivity index (χ0v) is 17.4. The maximum absolute atomic E-state index is 14.1. The minimum Gasteiger partial charge on any atom is -0.454 e. The largest absolute Gasteiger partial charge is 0.454 e. The Morgan fingerprint density at radius 1 is 1.22 bits per heavy atom. The molecular weight excluding hydrogens is 454 g/mol. The highest BCUT2D eigenvalue weighted by atomic mass is 79.9. The van der Waals surface area contributed by atoms with Crippen molar-refractivity contribution in [3.63, 3.8) is 0 Å². The first-order chi connectivity index (χ1) is 12.4. The van der Waals surface area contributed by atoms with Gasteiger partial charge in [0.15, 0.2) is 12.4 Å². The molecule has 0 aliphatic carbocycles. The average molecular weight is 474 g/mol. The molecule has 2 aromatic rings. The SMILES string of the molecule is CS(C)(C)CCOCn1nc(-c2ccc(Br)cc2F)nc1OCC(F)(F)F. The minimum atomic E-state index is -4.53. The maximum Gasteiger partial charge on any atom is 0.422 e. The molecule has 152 valence electrons. The van der Waals surface area contributed by atoms with Crippen LogP contribution in [-0.2, 0) is 11.5 Å². The van der Waals surface area contributed by atoms with Crippen LogP contribution in [0.15, 0.2) is 22.7 Å². The van der Waals surface area contributed by atoms with E-state index >= 15 is 0 Å². The molecule has 0 fully saturated rings. The van der Waals surface area contributed by atoms with Crippen LogP contribution in [-0.4, -0.2) is 58.7 Å². The summed E-state index contributed by atoms with van der Waals surface area (Å²) < 4.78 is 63.3. The van der Waals surface area contributed by atoms with Crippen molar-refractivity contribution in [3.05, 3.63) is 28.5 Å². The van der Waals surface area contributed by atoms with Gasteiger partial charge < -0.3 is 9.47 Å². The van der Waals surface area contributed by atoms with Crippen LogP contribution in [0.3, 0.4) is 0 Å². The molecular formula is C16H20BrF4N3O2S. The Morgan fingerprint density at radius 3 is 2.52 bits per heavy atom. The van der Waals surface area contributed by atoms with Crippen LogP contribution >= 0.6 is 26.0 Å². The molecule has 0 saturated carbocycles. The third-order valence-electron chi connectivity index (χ3n) is 3.23. The molecule has 0 unspecified atom stereocenters. The second kappa shape index (κ2) is 8.78. The Bertz CT molecular complexity index is 778. The van der Waals surface area contributed by atoms with Gasteiger partial charge in [-0.05, 0) is 37.0 Å². The molecule has 1 heterocycles. The van der Waals surface area contributed by atoms with Crippen molar-refractivity contribution < 1.29 is 27.0 Å². The Hall–Kier alpha value is -1.33. The van der Waals surface area contributed by atoms with Crippen LogP contribution in [0.2, 0.25) is 0 Å². The van der Waals surface area contributed by atoms with Crippen LogP contribution in [0.1, 0.15) is 0 Å². The highest BCUT2D eigenvalue weighted by Gasteiger charge is 2.30. The molecule has 27 heavy (non-hydrogen) atoms. The van der Waals surface area contributed by atoms with Gasteiger partial charge in [-0.15, -0.1) is 5.10 Å². The predicted octanol–water partition coefficient (Wildman–Crippen LogP) is 4.46. The number of hydrogen-bond acceptors (Lipinski definition) is 4. The summed E-state index contributed by atoms with van der Waals surface area (Å²) in [5.41, 5.74) is 0.0490. The van der Waals surface area contributed by atoms with Gasteiger partial charge >= 0.3 is 12.2 Å². The predicted molar refractivity (Wildman–Crippen MR) is 101 cm³/mol. The van der Waals surface area contributed by atoms with Gasteiger partial charge in [0.05, 0.1) is 12.2 Å². The second-order valence-corrected chi connectivity index (χ2v) is 12.1. The second-order valence-electron chi connectivity index (χ2n) is 6.58. The molecule has 0 N–H and O–H groups in total. The smallest absolute Gasteiger partial charge is 0.422 e. The quantitative estimate of drug-likeness (QED) is 0.419. The Labute approximate surface area is 164 Å². The number of benzene rings is 1. The first kappa shape index (κ1) is 22.0. The lowest BCUT2D eigenvalue weighted by molar-refractivity contribution is -0.155. The van der Waals surface area contributed by atoms with E-state index in [1.54, 1.807) is 6.07 Å². The van der Waals surface area contributed by atoms with Gasteiger partial charge in [0.1, 0.15) is 12.5 Å².